The highest BCUT2D eigenvalue weighted by molar-refractivity contribution is 9.10. The molecule has 0 spiro atoms. The van der Waals surface area contributed by atoms with Gasteiger partial charge in [0.1, 0.15) is 19.2 Å². The number of para-hydroxylation sites is 1. The molecule has 134 valence electrons. The van der Waals surface area contributed by atoms with Crippen molar-refractivity contribution in [3.05, 3.63) is 76.0 Å². The largest absolute Gasteiger partial charge is 0.323 e. The Morgan fingerprint density at radius 3 is 2.81 bits per heavy atom. The van der Waals surface area contributed by atoms with Crippen LogP contribution in [0.15, 0.2) is 70.6 Å². The van der Waals surface area contributed by atoms with Crippen LogP contribution in [0.1, 0.15) is 0 Å². The molecule has 0 aliphatic rings. The molecule has 0 atom stereocenters. The van der Waals surface area contributed by atoms with Crippen molar-refractivity contribution in [2.24, 2.45) is 0 Å². The van der Waals surface area contributed by atoms with E-state index in [9.17, 15) is 9.59 Å². The summed E-state index contributed by atoms with van der Waals surface area (Å²) in [6, 6.07) is 12.5. The van der Waals surface area contributed by atoms with E-state index in [0.29, 0.717) is 22.3 Å². The van der Waals surface area contributed by atoms with Gasteiger partial charge in [0, 0.05) is 9.86 Å². The Balaban J connectivity index is 1.64. The number of hydrogen-bond donors (Lipinski definition) is 1. The maximum absolute atomic E-state index is 12.6. The third-order valence-corrected chi connectivity index (χ3v) is 4.45. The van der Waals surface area contributed by atoms with Gasteiger partial charge in [0.25, 0.3) is 0 Å². The number of carbonyl (C=O) groups is 1. The number of aromatic nitrogens is 5. The highest BCUT2D eigenvalue weighted by Gasteiger charge is 2.12. The molecule has 4 aromatic rings. The van der Waals surface area contributed by atoms with Crippen LogP contribution in [0.4, 0.5) is 5.69 Å². The summed E-state index contributed by atoms with van der Waals surface area (Å²) < 4.78 is 3.88. The molecule has 0 aliphatic heterocycles. The van der Waals surface area contributed by atoms with Gasteiger partial charge in [0.15, 0.2) is 0 Å². The van der Waals surface area contributed by atoms with Crippen LogP contribution in [0.3, 0.4) is 0 Å². The number of rotatable bonds is 4. The Hall–Kier alpha value is -3.33. The van der Waals surface area contributed by atoms with Crippen molar-refractivity contribution in [3.63, 3.8) is 0 Å². The quantitative estimate of drug-likeness (QED) is 0.542. The molecule has 0 bridgehead atoms. The van der Waals surface area contributed by atoms with E-state index in [4.69, 9.17) is 0 Å². The van der Waals surface area contributed by atoms with Crippen LogP contribution in [-0.4, -0.2) is 30.5 Å². The topological polar surface area (TPSA) is 94.7 Å². The number of nitrogens with one attached hydrogen (secondary N) is 1. The zero-order chi connectivity index (χ0) is 18.8. The molecule has 9 heteroatoms. The van der Waals surface area contributed by atoms with E-state index < -0.39 is 0 Å². The average Bonchev–Trinajstić information content (AvgIpc) is 3.19. The fraction of sp³-hybridized carbons (Fsp3) is 0.0556. The van der Waals surface area contributed by atoms with Gasteiger partial charge >= 0.3 is 0 Å². The van der Waals surface area contributed by atoms with Crippen molar-refractivity contribution in [2.75, 3.05) is 5.32 Å². The zero-order valence-electron chi connectivity index (χ0n) is 13.9. The molecule has 8 nitrogen and oxygen atoms in total. The summed E-state index contributed by atoms with van der Waals surface area (Å²) in [7, 11) is 0. The first-order chi connectivity index (χ1) is 13.1. The zero-order valence-corrected chi connectivity index (χ0v) is 15.5. The molecule has 1 amide bonds. The third-order valence-electron chi connectivity index (χ3n) is 3.95. The molecule has 1 N–H and O–H groups in total. The van der Waals surface area contributed by atoms with Crippen LogP contribution in [0, 0.1) is 0 Å². The van der Waals surface area contributed by atoms with Gasteiger partial charge in [-0.1, -0.05) is 28.1 Å². The summed E-state index contributed by atoms with van der Waals surface area (Å²) in [6.45, 7) is -0.0376. The van der Waals surface area contributed by atoms with Crippen LogP contribution in [0.2, 0.25) is 0 Å². The molecule has 0 fully saturated rings. The van der Waals surface area contributed by atoms with Crippen LogP contribution >= 0.6 is 15.9 Å². The lowest BCUT2D eigenvalue weighted by molar-refractivity contribution is -0.116. The number of halogens is 1. The number of nitrogens with zero attached hydrogens (tertiary/aromatic N) is 5. The molecule has 0 aliphatic carbocycles. The smallest absolute Gasteiger partial charge is 0.246 e. The van der Waals surface area contributed by atoms with Gasteiger partial charge in [0.05, 0.1) is 23.1 Å². The normalized spacial score (nSPS) is 10.9. The lowest BCUT2D eigenvalue weighted by Crippen LogP contribution is -2.23. The van der Waals surface area contributed by atoms with Gasteiger partial charge in [-0.05, 0) is 30.3 Å². The summed E-state index contributed by atoms with van der Waals surface area (Å²) >= 11 is 3.41. The Labute approximate surface area is 161 Å². The van der Waals surface area contributed by atoms with Gasteiger partial charge < -0.3 is 5.32 Å². The summed E-state index contributed by atoms with van der Waals surface area (Å²) in [4.78, 5) is 28.5. The fourth-order valence-corrected chi connectivity index (χ4v) is 3.11. The van der Waals surface area contributed by atoms with Crippen LogP contribution in [-0.2, 0) is 11.3 Å². The lowest BCUT2D eigenvalue weighted by Gasteiger charge is -2.13. The number of hydrogen-bond acceptors (Lipinski definition) is 5. The first-order valence-electron chi connectivity index (χ1n) is 8.01. The molecular weight excluding hydrogens is 412 g/mol. The van der Waals surface area contributed by atoms with E-state index in [2.05, 4.69) is 36.4 Å². The summed E-state index contributed by atoms with van der Waals surface area (Å²) in [5, 5.41) is 11.6. The maximum Gasteiger partial charge on any atom is 0.246 e. The molecular formula is C18H13BrN6O2. The summed E-state index contributed by atoms with van der Waals surface area (Å²) in [5.41, 5.74) is 1.68. The second kappa shape index (κ2) is 7.12. The lowest BCUT2D eigenvalue weighted by atomic mass is 10.2. The minimum atomic E-state index is -0.282. The average molecular weight is 425 g/mol. The summed E-state index contributed by atoms with van der Waals surface area (Å²) in [6.07, 6.45) is 4.19. The Morgan fingerprint density at radius 2 is 2.00 bits per heavy atom. The second-order valence-corrected chi connectivity index (χ2v) is 6.65. The molecule has 2 aromatic carbocycles. The van der Waals surface area contributed by atoms with Crippen LogP contribution < -0.4 is 10.7 Å². The molecule has 2 heterocycles. The Kier molecular flexibility index (Phi) is 4.51. The molecule has 4 rings (SSSR count). The SMILES string of the molecule is O=C(Cn1ncc(=O)c2ccccc21)Nc1cc(Br)ccc1-n1cncn1. The third kappa shape index (κ3) is 3.49. The van der Waals surface area contributed by atoms with E-state index in [1.165, 1.54) is 17.2 Å². The van der Waals surface area contributed by atoms with Gasteiger partial charge in [0.2, 0.25) is 11.3 Å². The second-order valence-electron chi connectivity index (χ2n) is 5.73. The first kappa shape index (κ1) is 17.1. The first-order valence-corrected chi connectivity index (χ1v) is 8.80. The van der Waals surface area contributed by atoms with Crippen LogP contribution in [0.5, 0.6) is 0 Å². The minimum Gasteiger partial charge on any atom is -0.323 e. The number of anilines is 1. The van der Waals surface area contributed by atoms with E-state index in [1.807, 2.05) is 12.1 Å². The van der Waals surface area contributed by atoms with E-state index in [-0.39, 0.29) is 17.9 Å². The summed E-state index contributed by atoms with van der Waals surface area (Å²) in [5.74, 6) is -0.282. The van der Waals surface area contributed by atoms with Crippen molar-refractivity contribution in [3.8, 4) is 5.69 Å². The highest BCUT2D eigenvalue weighted by atomic mass is 79.9. The van der Waals surface area contributed by atoms with Crippen molar-refractivity contribution in [1.82, 2.24) is 24.5 Å². The molecule has 0 saturated carbocycles. The van der Waals surface area contributed by atoms with Gasteiger partial charge in [-0.3, -0.25) is 14.3 Å². The number of carbonyl (C=O) groups excluding carboxylic acids is 1. The molecule has 0 radical (unpaired) electrons. The number of benzene rings is 2. The van der Waals surface area contributed by atoms with Gasteiger partial charge in [-0.2, -0.15) is 10.2 Å². The van der Waals surface area contributed by atoms with Crippen LogP contribution in [0.25, 0.3) is 16.6 Å². The van der Waals surface area contributed by atoms with Crippen molar-refractivity contribution < 1.29 is 4.79 Å². The van der Waals surface area contributed by atoms with Gasteiger partial charge in [-0.25, -0.2) is 9.67 Å². The monoisotopic (exact) mass is 424 g/mol. The van der Waals surface area contributed by atoms with E-state index in [0.717, 1.165) is 4.47 Å². The Morgan fingerprint density at radius 1 is 1.15 bits per heavy atom. The van der Waals surface area contributed by atoms with E-state index >= 15 is 0 Å². The fourth-order valence-electron chi connectivity index (χ4n) is 2.75. The van der Waals surface area contributed by atoms with Crippen molar-refractivity contribution >= 4 is 38.4 Å². The molecule has 0 unspecified atom stereocenters. The number of amides is 1. The predicted octanol–water partition coefficient (Wildman–Crippen LogP) is 2.38. The number of fused-ring (bicyclic) bond motifs is 1. The van der Waals surface area contributed by atoms with Crippen molar-refractivity contribution in [1.29, 1.82) is 0 Å². The molecule has 0 saturated heterocycles. The minimum absolute atomic E-state index is 0.0376. The standard InChI is InChI=1S/C18H13BrN6O2/c19-12-5-6-16(25-11-20-10-22-25)14(7-12)23-18(27)9-24-15-4-2-1-3-13(15)17(26)8-21-24/h1-8,10-11H,9H2,(H,23,27). The molecule has 2 aromatic heterocycles. The van der Waals surface area contributed by atoms with Gasteiger partial charge in [-0.15, -0.1) is 0 Å². The van der Waals surface area contributed by atoms with Crippen molar-refractivity contribution in [2.45, 2.75) is 6.54 Å². The maximum atomic E-state index is 12.6. The van der Waals surface area contributed by atoms with E-state index in [1.54, 1.807) is 41.3 Å². The Bertz CT molecular complexity index is 1190. The highest BCUT2D eigenvalue weighted by Crippen LogP contribution is 2.24. The molecule has 27 heavy (non-hydrogen) atoms. The predicted molar refractivity (Wildman–Crippen MR) is 104 cm³/mol.